The molecule has 3 nitrogen and oxygen atoms in total. The van der Waals surface area contributed by atoms with Crippen molar-refractivity contribution >= 4 is 9.84 Å². The number of hydrogen-bond acceptors (Lipinski definition) is 3. The summed E-state index contributed by atoms with van der Waals surface area (Å²) in [4.78, 5) is 0. The first kappa shape index (κ1) is 12.2. The van der Waals surface area contributed by atoms with Crippen LogP contribution >= 0.6 is 0 Å². The van der Waals surface area contributed by atoms with Gasteiger partial charge in [0.25, 0.3) is 0 Å². The van der Waals surface area contributed by atoms with Gasteiger partial charge in [-0.3, -0.25) is 0 Å². The lowest BCUT2D eigenvalue weighted by atomic mass is 10.2. The van der Waals surface area contributed by atoms with Crippen molar-refractivity contribution in [3.8, 4) is 0 Å². The molecule has 0 atom stereocenters. The Hall–Kier alpha value is -0.870. The van der Waals surface area contributed by atoms with E-state index in [9.17, 15) is 8.42 Å². The molecule has 84 valence electrons. The molecule has 0 unspecified atom stereocenters. The van der Waals surface area contributed by atoms with Crippen molar-refractivity contribution in [3.05, 3.63) is 35.9 Å². The molecule has 1 aromatic carbocycles. The molecule has 1 aromatic rings. The van der Waals surface area contributed by atoms with Crippen LogP contribution < -0.4 is 5.73 Å². The number of hydrogen-bond donors (Lipinski definition) is 1. The summed E-state index contributed by atoms with van der Waals surface area (Å²) in [6.45, 7) is 0.435. The number of nitrogens with two attached hydrogens (primary N) is 1. The van der Waals surface area contributed by atoms with Gasteiger partial charge in [0.05, 0.1) is 11.5 Å². The lowest BCUT2D eigenvalue weighted by Crippen LogP contribution is -2.15. The highest BCUT2D eigenvalue weighted by Crippen LogP contribution is 2.03. The summed E-state index contributed by atoms with van der Waals surface area (Å²) in [5.41, 5.74) is 6.34. The predicted octanol–water partition coefficient (Wildman–Crippen LogP) is 0.993. The Balaban J connectivity index is 2.43. The Bertz CT molecular complexity index is 373. The van der Waals surface area contributed by atoms with Gasteiger partial charge in [0, 0.05) is 0 Å². The van der Waals surface area contributed by atoms with Crippen LogP contribution in [0, 0.1) is 0 Å². The summed E-state index contributed by atoms with van der Waals surface area (Å²) in [6, 6.07) is 9.65. The quantitative estimate of drug-likeness (QED) is 0.788. The molecular weight excluding hydrogens is 210 g/mol. The fourth-order valence-corrected chi connectivity index (χ4v) is 2.68. The molecule has 2 N–H and O–H groups in total. The second kappa shape index (κ2) is 5.88. The highest BCUT2D eigenvalue weighted by Gasteiger charge is 2.09. The standard InChI is InChI=1S/C11H17NO2S/c12-8-4-9-15(13,14)10-7-11-5-2-1-3-6-11/h1-3,5-6H,4,7-10,12H2. The van der Waals surface area contributed by atoms with Crippen molar-refractivity contribution in [2.75, 3.05) is 18.1 Å². The first-order valence-corrected chi connectivity index (χ1v) is 6.90. The SMILES string of the molecule is NCCCS(=O)(=O)CCc1ccccc1. The van der Waals surface area contributed by atoms with E-state index in [2.05, 4.69) is 0 Å². The molecule has 0 aliphatic heterocycles. The molecule has 0 aliphatic carbocycles. The molecule has 0 aliphatic rings. The summed E-state index contributed by atoms with van der Waals surface area (Å²) in [6.07, 6.45) is 1.14. The molecule has 0 saturated carbocycles. The maximum atomic E-state index is 11.5. The summed E-state index contributed by atoms with van der Waals surface area (Å²) in [5.74, 6) is 0.424. The number of rotatable bonds is 6. The van der Waals surface area contributed by atoms with Gasteiger partial charge < -0.3 is 5.73 Å². The number of aryl methyl sites for hydroxylation is 1. The zero-order chi connectivity index (χ0) is 11.1. The maximum Gasteiger partial charge on any atom is 0.150 e. The first-order chi connectivity index (χ1) is 7.14. The van der Waals surface area contributed by atoms with E-state index in [0.29, 0.717) is 19.4 Å². The zero-order valence-electron chi connectivity index (χ0n) is 8.72. The molecule has 15 heavy (non-hydrogen) atoms. The van der Waals surface area contributed by atoms with Crippen LogP contribution in [-0.4, -0.2) is 26.5 Å². The fourth-order valence-electron chi connectivity index (χ4n) is 1.32. The molecule has 0 heterocycles. The minimum absolute atomic E-state index is 0.205. The Morgan fingerprint density at radius 2 is 1.73 bits per heavy atom. The van der Waals surface area contributed by atoms with E-state index in [1.807, 2.05) is 30.3 Å². The average Bonchev–Trinajstić information content (AvgIpc) is 2.25. The van der Waals surface area contributed by atoms with Crippen LogP contribution in [0.25, 0.3) is 0 Å². The van der Waals surface area contributed by atoms with Crippen LogP contribution in [0.15, 0.2) is 30.3 Å². The van der Waals surface area contributed by atoms with E-state index in [4.69, 9.17) is 5.73 Å². The van der Waals surface area contributed by atoms with E-state index in [1.165, 1.54) is 0 Å². The Morgan fingerprint density at radius 1 is 1.07 bits per heavy atom. The summed E-state index contributed by atoms with van der Waals surface area (Å²) < 4.78 is 23.0. The molecule has 0 amide bonds. The molecular formula is C11H17NO2S. The predicted molar refractivity (Wildman–Crippen MR) is 62.5 cm³/mol. The summed E-state index contributed by atoms with van der Waals surface area (Å²) in [7, 11) is -2.92. The molecule has 0 spiro atoms. The van der Waals surface area contributed by atoms with Crippen molar-refractivity contribution in [3.63, 3.8) is 0 Å². The van der Waals surface area contributed by atoms with Gasteiger partial charge in [-0.2, -0.15) is 0 Å². The van der Waals surface area contributed by atoms with Gasteiger partial charge in [-0.15, -0.1) is 0 Å². The van der Waals surface area contributed by atoms with Gasteiger partial charge in [0.15, 0.2) is 9.84 Å². The Labute approximate surface area is 91.2 Å². The van der Waals surface area contributed by atoms with Gasteiger partial charge in [-0.05, 0) is 24.9 Å². The zero-order valence-corrected chi connectivity index (χ0v) is 9.54. The fraction of sp³-hybridized carbons (Fsp3) is 0.455. The van der Waals surface area contributed by atoms with Gasteiger partial charge >= 0.3 is 0 Å². The van der Waals surface area contributed by atoms with Crippen LogP contribution in [0.5, 0.6) is 0 Å². The lowest BCUT2D eigenvalue weighted by molar-refractivity contribution is 0.593. The van der Waals surface area contributed by atoms with Crippen LogP contribution in [0.3, 0.4) is 0 Å². The molecule has 0 aromatic heterocycles. The molecule has 0 saturated heterocycles. The number of benzene rings is 1. The minimum atomic E-state index is -2.92. The Kier molecular flexibility index (Phi) is 4.78. The van der Waals surface area contributed by atoms with Crippen molar-refractivity contribution in [1.29, 1.82) is 0 Å². The average molecular weight is 227 g/mol. The number of sulfone groups is 1. The van der Waals surface area contributed by atoms with Crippen LogP contribution in [0.1, 0.15) is 12.0 Å². The molecule has 0 bridgehead atoms. The van der Waals surface area contributed by atoms with E-state index >= 15 is 0 Å². The van der Waals surface area contributed by atoms with Gasteiger partial charge in [-0.1, -0.05) is 30.3 Å². The molecule has 0 fully saturated rings. The second-order valence-electron chi connectivity index (χ2n) is 3.53. The van der Waals surface area contributed by atoms with Gasteiger partial charge in [0.2, 0.25) is 0 Å². The topological polar surface area (TPSA) is 60.2 Å². The van der Waals surface area contributed by atoms with Crippen molar-refractivity contribution in [2.45, 2.75) is 12.8 Å². The monoisotopic (exact) mass is 227 g/mol. The first-order valence-electron chi connectivity index (χ1n) is 5.08. The van der Waals surface area contributed by atoms with E-state index in [1.54, 1.807) is 0 Å². The third-order valence-electron chi connectivity index (χ3n) is 2.20. The van der Waals surface area contributed by atoms with Crippen LogP contribution in [0.2, 0.25) is 0 Å². The third kappa shape index (κ3) is 4.95. The van der Waals surface area contributed by atoms with E-state index in [-0.39, 0.29) is 11.5 Å². The Morgan fingerprint density at radius 3 is 2.33 bits per heavy atom. The van der Waals surface area contributed by atoms with Crippen molar-refractivity contribution < 1.29 is 8.42 Å². The van der Waals surface area contributed by atoms with Gasteiger partial charge in [-0.25, -0.2) is 8.42 Å². The smallest absolute Gasteiger partial charge is 0.150 e. The maximum absolute atomic E-state index is 11.5. The van der Waals surface area contributed by atoms with Crippen LogP contribution in [0.4, 0.5) is 0 Å². The van der Waals surface area contributed by atoms with Crippen molar-refractivity contribution in [1.82, 2.24) is 0 Å². The highest BCUT2D eigenvalue weighted by molar-refractivity contribution is 7.91. The molecule has 1 rings (SSSR count). The summed E-state index contributed by atoms with van der Waals surface area (Å²) in [5, 5.41) is 0. The van der Waals surface area contributed by atoms with Crippen molar-refractivity contribution in [2.24, 2.45) is 5.73 Å². The largest absolute Gasteiger partial charge is 0.330 e. The van der Waals surface area contributed by atoms with E-state index < -0.39 is 9.84 Å². The normalized spacial score (nSPS) is 11.5. The molecule has 4 heteroatoms. The third-order valence-corrected chi connectivity index (χ3v) is 3.94. The lowest BCUT2D eigenvalue weighted by Gasteiger charge is -2.03. The van der Waals surface area contributed by atoms with E-state index in [0.717, 1.165) is 5.56 Å². The summed E-state index contributed by atoms with van der Waals surface area (Å²) >= 11 is 0. The second-order valence-corrected chi connectivity index (χ2v) is 5.83. The molecule has 0 radical (unpaired) electrons. The van der Waals surface area contributed by atoms with Crippen LogP contribution in [-0.2, 0) is 16.3 Å². The minimum Gasteiger partial charge on any atom is -0.330 e. The van der Waals surface area contributed by atoms with Gasteiger partial charge in [0.1, 0.15) is 0 Å². The highest BCUT2D eigenvalue weighted by atomic mass is 32.2.